The van der Waals surface area contributed by atoms with Crippen molar-refractivity contribution in [2.45, 2.75) is 32.7 Å². The van der Waals surface area contributed by atoms with Crippen LogP contribution in [0.4, 0.5) is 0 Å². The zero-order chi connectivity index (χ0) is 19.5. The minimum absolute atomic E-state index is 0.515. The van der Waals surface area contributed by atoms with Crippen LogP contribution in [-0.4, -0.2) is 45.3 Å². The normalized spacial score (nSPS) is 16.4. The minimum Gasteiger partial charge on any atom is -0.366 e. The zero-order valence-electron chi connectivity index (χ0n) is 16.6. The van der Waals surface area contributed by atoms with E-state index in [9.17, 15) is 0 Å². The Bertz CT molecular complexity index is 951. The monoisotopic (exact) mass is 393 g/mol. The average Bonchev–Trinajstić information content (AvgIpc) is 3.47. The van der Waals surface area contributed by atoms with Gasteiger partial charge in [0.05, 0.1) is 23.3 Å². The lowest BCUT2D eigenvalue weighted by molar-refractivity contribution is 0.310. The second-order valence-corrected chi connectivity index (χ2v) is 8.14. The van der Waals surface area contributed by atoms with Gasteiger partial charge < -0.3 is 10.2 Å². The van der Waals surface area contributed by atoms with Gasteiger partial charge in [-0.1, -0.05) is 31.7 Å². The van der Waals surface area contributed by atoms with Crippen LogP contribution in [-0.2, 0) is 0 Å². The summed E-state index contributed by atoms with van der Waals surface area (Å²) in [4.78, 5) is 7.31. The molecule has 1 N–H and O–H groups in total. The number of nitrogens with zero attached hydrogens (tertiary/aromatic N) is 4. The molecule has 1 unspecified atom stereocenters. The third kappa shape index (κ3) is 3.75. The molecule has 0 aliphatic carbocycles. The SMILES string of the molecule is C=C(c1csc(-c2cnn(-c3ccccc3C)c2)n1)N(CCC)C1CCNC1. The topological polar surface area (TPSA) is 46.0 Å². The summed E-state index contributed by atoms with van der Waals surface area (Å²) < 4.78 is 1.92. The fraction of sp³-hybridized carbons (Fsp3) is 0.364. The first-order chi connectivity index (χ1) is 13.7. The fourth-order valence-electron chi connectivity index (χ4n) is 3.76. The Morgan fingerprint density at radius 3 is 3.00 bits per heavy atom. The largest absolute Gasteiger partial charge is 0.366 e. The Kier molecular flexibility index (Phi) is 5.59. The molecule has 1 aliphatic rings. The molecule has 5 nitrogen and oxygen atoms in total. The summed E-state index contributed by atoms with van der Waals surface area (Å²) >= 11 is 1.65. The van der Waals surface area contributed by atoms with Crippen LogP contribution in [0.15, 0.2) is 48.6 Å². The van der Waals surface area contributed by atoms with Gasteiger partial charge in [0.2, 0.25) is 0 Å². The number of aryl methyl sites for hydroxylation is 1. The maximum Gasteiger partial charge on any atom is 0.127 e. The summed E-state index contributed by atoms with van der Waals surface area (Å²) in [6.45, 7) is 11.8. The first kappa shape index (κ1) is 18.9. The molecular weight excluding hydrogens is 366 g/mol. The van der Waals surface area contributed by atoms with Crippen LogP contribution in [0.1, 0.15) is 31.0 Å². The molecule has 1 aromatic carbocycles. The Labute approximate surface area is 170 Å². The van der Waals surface area contributed by atoms with Gasteiger partial charge in [0.25, 0.3) is 0 Å². The third-order valence-electron chi connectivity index (χ3n) is 5.28. The van der Waals surface area contributed by atoms with Crippen LogP contribution in [0.25, 0.3) is 22.0 Å². The molecule has 1 saturated heterocycles. The summed E-state index contributed by atoms with van der Waals surface area (Å²) in [7, 11) is 0. The highest BCUT2D eigenvalue weighted by Crippen LogP contribution is 2.29. The lowest BCUT2D eigenvalue weighted by atomic mass is 10.1. The Hall–Kier alpha value is -2.44. The number of rotatable bonds is 7. The van der Waals surface area contributed by atoms with E-state index in [4.69, 9.17) is 4.98 Å². The maximum atomic E-state index is 4.89. The second kappa shape index (κ2) is 8.29. The Balaban J connectivity index is 1.56. The van der Waals surface area contributed by atoms with E-state index in [0.29, 0.717) is 6.04 Å². The van der Waals surface area contributed by atoms with Gasteiger partial charge in [-0.05, 0) is 37.9 Å². The van der Waals surface area contributed by atoms with E-state index in [0.717, 1.165) is 53.7 Å². The van der Waals surface area contributed by atoms with Gasteiger partial charge in [0, 0.05) is 36.3 Å². The molecule has 0 spiro atoms. The fourth-order valence-corrected chi connectivity index (χ4v) is 4.56. The molecule has 6 heteroatoms. The van der Waals surface area contributed by atoms with Crippen molar-refractivity contribution in [2.24, 2.45) is 0 Å². The predicted octanol–water partition coefficient (Wildman–Crippen LogP) is 4.35. The Morgan fingerprint density at radius 2 is 2.25 bits per heavy atom. The molecule has 3 aromatic rings. The van der Waals surface area contributed by atoms with E-state index in [1.165, 1.54) is 12.0 Å². The summed E-state index contributed by atoms with van der Waals surface area (Å²) in [5.74, 6) is 0. The van der Waals surface area contributed by atoms with Gasteiger partial charge in [-0.25, -0.2) is 9.67 Å². The van der Waals surface area contributed by atoms with Gasteiger partial charge in [-0.2, -0.15) is 5.10 Å². The van der Waals surface area contributed by atoms with Crippen molar-refractivity contribution in [1.29, 1.82) is 0 Å². The van der Waals surface area contributed by atoms with Crippen LogP contribution in [0.5, 0.6) is 0 Å². The van der Waals surface area contributed by atoms with Crippen LogP contribution in [0, 0.1) is 6.92 Å². The molecule has 1 atom stereocenters. The van der Waals surface area contributed by atoms with Crippen molar-refractivity contribution in [3.05, 3.63) is 59.9 Å². The van der Waals surface area contributed by atoms with E-state index in [1.807, 2.05) is 23.0 Å². The van der Waals surface area contributed by atoms with Gasteiger partial charge in [0.1, 0.15) is 5.01 Å². The van der Waals surface area contributed by atoms with Crippen LogP contribution < -0.4 is 5.32 Å². The number of hydrogen-bond donors (Lipinski definition) is 1. The van der Waals surface area contributed by atoms with Gasteiger partial charge in [0.15, 0.2) is 0 Å². The molecular formula is C22H27N5S. The van der Waals surface area contributed by atoms with E-state index in [-0.39, 0.29) is 0 Å². The van der Waals surface area contributed by atoms with Crippen molar-refractivity contribution in [1.82, 2.24) is 25.0 Å². The number of hydrogen-bond acceptors (Lipinski definition) is 5. The standard InChI is InChI=1S/C22H27N5S/c1-4-11-26(19-9-10-23-13-19)17(3)20-15-28-22(25-20)18-12-24-27(14-18)21-8-6-5-7-16(21)2/h5-8,12,14-15,19,23H,3-4,9-11,13H2,1-2H3. The minimum atomic E-state index is 0.515. The molecule has 28 heavy (non-hydrogen) atoms. The second-order valence-electron chi connectivity index (χ2n) is 7.28. The van der Waals surface area contributed by atoms with Crippen molar-refractivity contribution in [3.8, 4) is 16.3 Å². The van der Waals surface area contributed by atoms with Crippen molar-refractivity contribution in [2.75, 3.05) is 19.6 Å². The van der Waals surface area contributed by atoms with E-state index in [2.05, 4.69) is 59.5 Å². The quantitative estimate of drug-likeness (QED) is 0.648. The number of aromatic nitrogens is 3. The first-order valence-corrected chi connectivity index (χ1v) is 10.8. The summed E-state index contributed by atoms with van der Waals surface area (Å²) in [5.41, 5.74) is 5.34. The van der Waals surface area contributed by atoms with Crippen LogP contribution in [0.2, 0.25) is 0 Å². The Morgan fingerprint density at radius 1 is 1.39 bits per heavy atom. The third-order valence-corrected chi connectivity index (χ3v) is 6.17. The molecule has 1 aliphatic heterocycles. The molecule has 3 heterocycles. The van der Waals surface area contributed by atoms with Gasteiger partial charge in [-0.3, -0.25) is 0 Å². The molecule has 0 bridgehead atoms. The number of benzene rings is 1. The molecule has 0 radical (unpaired) electrons. The summed E-state index contributed by atoms with van der Waals surface area (Å²) in [6.07, 6.45) is 6.22. The maximum absolute atomic E-state index is 4.89. The lowest BCUT2D eigenvalue weighted by Gasteiger charge is -2.31. The lowest BCUT2D eigenvalue weighted by Crippen LogP contribution is -2.35. The molecule has 146 valence electrons. The first-order valence-electron chi connectivity index (χ1n) is 9.90. The number of para-hydroxylation sites is 1. The van der Waals surface area contributed by atoms with Crippen molar-refractivity contribution >= 4 is 17.0 Å². The van der Waals surface area contributed by atoms with E-state index in [1.54, 1.807) is 11.3 Å². The highest BCUT2D eigenvalue weighted by Gasteiger charge is 2.24. The highest BCUT2D eigenvalue weighted by atomic mass is 32.1. The molecule has 0 saturated carbocycles. The molecule has 4 rings (SSSR count). The van der Waals surface area contributed by atoms with Crippen molar-refractivity contribution < 1.29 is 0 Å². The zero-order valence-corrected chi connectivity index (χ0v) is 17.4. The average molecular weight is 394 g/mol. The molecule has 0 amide bonds. The number of thiazole rings is 1. The number of nitrogens with one attached hydrogen (secondary N) is 1. The van der Waals surface area contributed by atoms with Crippen LogP contribution in [0.3, 0.4) is 0 Å². The van der Waals surface area contributed by atoms with E-state index >= 15 is 0 Å². The van der Waals surface area contributed by atoms with Crippen LogP contribution >= 0.6 is 11.3 Å². The van der Waals surface area contributed by atoms with E-state index < -0.39 is 0 Å². The smallest absolute Gasteiger partial charge is 0.127 e. The summed E-state index contributed by atoms with van der Waals surface area (Å²) in [6, 6.07) is 8.78. The molecule has 1 fully saturated rings. The molecule has 2 aromatic heterocycles. The van der Waals surface area contributed by atoms with Gasteiger partial charge in [-0.15, -0.1) is 11.3 Å². The summed E-state index contributed by atoms with van der Waals surface area (Å²) in [5, 5.41) is 11.1. The highest BCUT2D eigenvalue weighted by molar-refractivity contribution is 7.13. The van der Waals surface area contributed by atoms with Crippen molar-refractivity contribution in [3.63, 3.8) is 0 Å². The predicted molar refractivity (Wildman–Crippen MR) is 117 cm³/mol. The van der Waals surface area contributed by atoms with Gasteiger partial charge >= 0.3 is 0 Å².